The molecule has 60 heavy (non-hydrogen) atoms. The molecule has 0 N–H and O–H groups in total. The molecule has 0 aliphatic heterocycles. The molecule has 0 fully saturated rings. The number of hydrogen-bond acceptors (Lipinski definition) is 2. The first-order chi connectivity index (χ1) is 29.7. The summed E-state index contributed by atoms with van der Waals surface area (Å²) in [4.78, 5) is 2.41. The molecule has 280 valence electrons. The fraction of sp³-hybridized carbons (Fsp3) is 0. The van der Waals surface area contributed by atoms with Crippen LogP contribution in [0.1, 0.15) is 0 Å². The molecule has 12 aromatic rings. The summed E-state index contributed by atoms with van der Waals surface area (Å²) in [6.45, 7) is 0. The first-order valence-electron chi connectivity index (χ1n) is 20.6. The number of anilines is 3. The predicted octanol–water partition coefficient (Wildman–Crippen LogP) is 17.1. The van der Waals surface area contributed by atoms with Gasteiger partial charge >= 0.3 is 0 Å². The van der Waals surface area contributed by atoms with Crippen LogP contribution in [0, 0.1) is 0 Å². The van der Waals surface area contributed by atoms with E-state index >= 15 is 0 Å². The summed E-state index contributed by atoms with van der Waals surface area (Å²) in [5.74, 6) is 0. The Morgan fingerprint density at radius 3 is 1.55 bits per heavy atom. The molecule has 0 saturated heterocycles. The third kappa shape index (κ3) is 5.76. The number of nitrogens with zero attached hydrogens (tertiary/aromatic N) is 1. The first kappa shape index (κ1) is 34.5. The molecule has 0 aliphatic carbocycles. The average molecular weight is 780 g/mol. The van der Waals surface area contributed by atoms with Crippen molar-refractivity contribution in [2.75, 3.05) is 4.90 Å². The van der Waals surface area contributed by atoms with E-state index in [1.807, 2.05) is 11.3 Å². The molecule has 0 aliphatic rings. The van der Waals surface area contributed by atoms with Crippen molar-refractivity contribution in [2.24, 2.45) is 0 Å². The zero-order valence-electron chi connectivity index (χ0n) is 32.7. The number of fused-ring (bicyclic) bond motifs is 10. The molecule has 0 atom stereocenters. The van der Waals surface area contributed by atoms with Crippen molar-refractivity contribution in [3.8, 4) is 33.4 Å². The van der Waals surface area contributed by atoms with Gasteiger partial charge in [-0.3, -0.25) is 0 Å². The van der Waals surface area contributed by atoms with E-state index in [0.29, 0.717) is 0 Å². The highest BCUT2D eigenvalue weighted by Gasteiger charge is 2.17. The lowest BCUT2D eigenvalue weighted by Gasteiger charge is -2.26. The Labute approximate surface area is 352 Å². The monoisotopic (exact) mass is 779 g/mol. The Morgan fingerprint density at radius 2 is 0.767 bits per heavy atom. The summed E-state index contributed by atoms with van der Waals surface area (Å²) < 4.78 is 2.61. The fourth-order valence-corrected chi connectivity index (χ4v) is 10.4. The molecule has 0 unspecified atom stereocenters. The summed E-state index contributed by atoms with van der Waals surface area (Å²) in [6, 6.07) is 82.5. The maximum absolute atomic E-state index is 2.41. The molecule has 0 spiro atoms. The molecule has 2 heteroatoms. The summed E-state index contributed by atoms with van der Waals surface area (Å²) in [5.41, 5.74) is 10.6. The van der Waals surface area contributed by atoms with E-state index in [-0.39, 0.29) is 0 Å². The zero-order chi connectivity index (χ0) is 39.6. The van der Waals surface area contributed by atoms with Gasteiger partial charge in [0.1, 0.15) is 0 Å². The maximum atomic E-state index is 2.41. The second-order valence-electron chi connectivity index (χ2n) is 15.7. The quantitative estimate of drug-likeness (QED) is 0.152. The van der Waals surface area contributed by atoms with Crippen LogP contribution < -0.4 is 4.90 Å². The van der Waals surface area contributed by atoms with Crippen LogP contribution in [-0.4, -0.2) is 0 Å². The van der Waals surface area contributed by atoms with Crippen LogP contribution >= 0.6 is 11.3 Å². The minimum Gasteiger partial charge on any atom is -0.310 e. The molecule has 1 heterocycles. The van der Waals surface area contributed by atoms with Crippen LogP contribution in [0.25, 0.3) is 96.6 Å². The van der Waals surface area contributed by atoms with E-state index in [0.717, 1.165) is 17.1 Å². The first-order valence-corrected chi connectivity index (χ1v) is 21.4. The second-order valence-corrected chi connectivity index (χ2v) is 16.8. The van der Waals surface area contributed by atoms with E-state index in [4.69, 9.17) is 0 Å². The van der Waals surface area contributed by atoms with Crippen molar-refractivity contribution in [1.29, 1.82) is 0 Å². The molecular weight excluding hydrogens is 743 g/mol. The zero-order valence-corrected chi connectivity index (χ0v) is 33.5. The van der Waals surface area contributed by atoms with Gasteiger partial charge in [-0.05, 0) is 137 Å². The smallest absolute Gasteiger partial charge is 0.0468 e. The highest BCUT2D eigenvalue weighted by atomic mass is 32.1. The summed E-state index contributed by atoms with van der Waals surface area (Å²) in [5, 5.41) is 12.8. The molecule has 12 rings (SSSR count). The largest absolute Gasteiger partial charge is 0.310 e. The number of thiophene rings is 1. The van der Waals surface area contributed by atoms with Crippen molar-refractivity contribution >= 4 is 91.7 Å². The molecule has 0 radical (unpaired) electrons. The van der Waals surface area contributed by atoms with Gasteiger partial charge in [0.2, 0.25) is 0 Å². The van der Waals surface area contributed by atoms with E-state index in [9.17, 15) is 0 Å². The van der Waals surface area contributed by atoms with Crippen LogP contribution in [-0.2, 0) is 0 Å². The lowest BCUT2D eigenvalue weighted by atomic mass is 9.92. The SMILES string of the molecule is c1cc(-c2cccc(N(c3ccc(-c4ccc5c6ccccc6c6ccccc6c5c4)cc3)c3ccc4sc5ccccc5c4c3)c2)cc(-c2cccc3ccccc23)c1. The van der Waals surface area contributed by atoms with Crippen LogP contribution in [0.5, 0.6) is 0 Å². The van der Waals surface area contributed by atoms with Crippen LogP contribution in [0.15, 0.2) is 224 Å². The van der Waals surface area contributed by atoms with Gasteiger partial charge in [0, 0.05) is 37.2 Å². The van der Waals surface area contributed by atoms with Crippen molar-refractivity contribution in [3.63, 3.8) is 0 Å². The number of hydrogen-bond donors (Lipinski definition) is 0. The van der Waals surface area contributed by atoms with Gasteiger partial charge in [0.25, 0.3) is 0 Å². The Hall–Kier alpha value is -7.52. The van der Waals surface area contributed by atoms with Crippen molar-refractivity contribution in [1.82, 2.24) is 0 Å². The lowest BCUT2D eigenvalue weighted by molar-refractivity contribution is 1.29. The van der Waals surface area contributed by atoms with Gasteiger partial charge in [-0.15, -0.1) is 11.3 Å². The molecule has 0 amide bonds. The summed E-state index contributed by atoms with van der Waals surface area (Å²) in [7, 11) is 0. The second kappa shape index (κ2) is 14.1. The van der Waals surface area contributed by atoms with Crippen LogP contribution in [0.2, 0.25) is 0 Å². The summed E-state index contributed by atoms with van der Waals surface area (Å²) in [6.07, 6.45) is 0. The minimum absolute atomic E-state index is 1.11. The average Bonchev–Trinajstić information content (AvgIpc) is 3.70. The normalized spacial score (nSPS) is 11.7. The molecule has 1 nitrogen and oxygen atoms in total. The van der Waals surface area contributed by atoms with Gasteiger partial charge < -0.3 is 4.90 Å². The highest BCUT2D eigenvalue weighted by molar-refractivity contribution is 7.25. The van der Waals surface area contributed by atoms with Gasteiger partial charge in [0.15, 0.2) is 0 Å². The highest BCUT2D eigenvalue weighted by Crippen LogP contribution is 2.43. The minimum atomic E-state index is 1.11. The topological polar surface area (TPSA) is 3.24 Å². The standard InChI is InChI=1S/C58H37NS/c1-2-18-47-39(12-1)13-11-24-48(47)43-16-9-14-40(34-43)41-15-10-17-45(35-41)59(46-31-33-58-56(37-46)54-23-7-8-25-57(54)60-58)44-29-26-38(27-30-44)42-28-32-53-51-21-4-3-19-49(51)50-20-5-6-22-52(50)55(53)36-42/h1-37H. The number of benzene rings is 11. The number of rotatable bonds is 6. The Morgan fingerprint density at radius 1 is 0.250 bits per heavy atom. The van der Waals surface area contributed by atoms with Crippen molar-refractivity contribution in [2.45, 2.75) is 0 Å². The summed E-state index contributed by atoms with van der Waals surface area (Å²) >= 11 is 1.86. The third-order valence-corrected chi connectivity index (χ3v) is 13.4. The molecule has 0 saturated carbocycles. The van der Waals surface area contributed by atoms with Crippen molar-refractivity contribution in [3.05, 3.63) is 224 Å². The third-order valence-electron chi connectivity index (χ3n) is 12.2. The molecule has 0 bridgehead atoms. The molecule has 11 aromatic carbocycles. The van der Waals surface area contributed by atoms with E-state index in [1.165, 1.54) is 96.6 Å². The van der Waals surface area contributed by atoms with Gasteiger partial charge in [0.05, 0.1) is 0 Å². The van der Waals surface area contributed by atoms with Gasteiger partial charge in [-0.2, -0.15) is 0 Å². The van der Waals surface area contributed by atoms with E-state index in [2.05, 4.69) is 229 Å². The van der Waals surface area contributed by atoms with Crippen molar-refractivity contribution < 1.29 is 0 Å². The van der Waals surface area contributed by atoms with Crippen LogP contribution in [0.4, 0.5) is 17.1 Å². The Bertz CT molecular complexity index is 3570. The van der Waals surface area contributed by atoms with E-state index < -0.39 is 0 Å². The maximum Gasteiger partial charge on any atom is 0.0468 e. The van der Waals surface area contributed by atoms with Crippen LogP contribution in [0.3, 0.4) is 0 Å². The Kier molecular flexibility index (Phi) is 8.11. The lowest BCUT2D eigenvalue weighted by Crippen LogP contribution is -2.10. The van der Waals surface area contributed by atoms with E-state index in [1.54, 1.807) is 0 Å². The molecular formula is C58H37NS. The predicted molar refractivity (Wildman–Crippen MR) is 260 cm³/mol. The fourth-order valence-electron chi connectivity index (χ4n) is 9.36. The van der Waals surface area contributed by atoms with Gasteiger partial charge in [-0.1, -0.05) is 164 Å². The molecule has 1 aromatic heterocycles. The van der Waals surface area contributed by atoms with Gasteiger partial charge in [-0.25, -0.2) is 0 Å². The Balaban J connectivity index is 0.979.